The van der Waals surface area contributed by atoms with Gasteiger partial charge in [0.1, 0.15) is 5.71 Å². The van der Waals surface area contributed by atoms with Crippen molar-refractivity contribution in [2.75, 3.05) is 6.54 Å². The fraction of sp³-hybridized carbons (Fsp3) is 0.188. The Labute approximate surface area is 130 Å². The number of hydrogen-bond donors (Lipinski definition) is 2. The zero-order chi connectivity index (χ0) is 16.0. The molecule has 0 spiro atoms. The van der Waals surface area contributed by atoms with Crippen LogP contribution < -0.4 is 4.72 Å². The van der Waals surface area contributed by atoms with Crippen LogP contribution in [0, 0.1) is 0 Å². The van der Waals surface area contributed by atoms with Crippen LogP contribution in [0.25, 0.3) is 0 Å². The van der Waals surface area contributed by atoms with Crippen LogP contribution in [0.4, 0.5) is 0 Å². The van der Waals surface area contributed by atoms with E-state index in [1.807, 2.05) is 13.0 Å². The minimum Gasteiger partial charge on any atom is -0.411 e. The summed E-state index contributed by atoms with van der Waals surface area (Å²) in [6.07, 6.45) is 0.850. The molecule has 116 valence electrons. The molecule has 2 aromatic rings. The first kappa shape index (κ1) is 16.2. The molecule has 0 aliphatic carbocycles. The molecule has 0 aromatic heterocycles. The summed E-state index contributed by atoms with van der Waals surface area (Å²) in [6.45, 7) is 1.92. The van der Waals surface area contributed by atoms with Crippen molar-refractivity contribution in [1.82, 2.24) is 4.72 Å². The molecule has 0 bridgehead atoms. The molecule has 2 rings (SSSR count). The minimum atomic E-state index is -3.64. The number of benzene rings is 2. The number of rotatable bonds is 6. The largest absolute Gasteiger partial charge is 0.411 e. The molecule has 0 atom stereocenters. The van der Waals surface area contributed by atoms with Crippen LogP contribution >= 0.6 is 0 Å². The second kappa shape index (κ2) is 7.20. The van der Waals surface area contributed by atoms with Crippen LogP contribution in [-0.2, 0) is 16.4 Å². The van der Waals surface area contributed by atoms with E-state index in [1.54, 1.807) is 48.5 Å². The minimum absolute atomic E-state index is 0.0849. The second-order valence-electron chi connectivity index (χ2n) is 4.73. The van der Waals surface area contributed by atoms with Gasteiger partial charge in [0.2, 0.25) is 10.0 Å². The predicted octanol–water partition coefficient (Wildman–Crippen LogP) is 2.41. The van der Waals surface area contributed by atoms with Crippen molar-refractivity contribution < 1.29 is 13.6 Å². The fourth-order valence-electron chi connectivity index (χ4n) is 1.98. The van der Waals surface area contributed by atoms with Gasteiger partial charge in [-0.2, -0.15) is 0 Å². The Morgan fingerprint density at radius 1 is 1.09 bits per heavy atom. The normalized spacial score (nSPS) is 12.3. The Morgan fingerprint density at radius 3 is 2.27 bits per heavy atom. The molecule has 6 heteroatoms. The summed E-state index contributed by atoms with van der Waals surface area (Å²) in [5, 5.41) is 12.2. The SMILES string of the molecule is CCc1ccc(S(=O)(=O)NCC(=NO)c2ccccc2)cc1. The molecule has 0 amide bonds. The van der Waals surface area contributed by atoms with Crippen molar-refractivity contribution in [3.8, 4) is 0 Å². The molecule has 2 aromatic carbocycles. The first-order chi connectivity index (χ1) is 10.6. The third-order valence-electron chi connectivity index (χ3n) is 3.30. The van der Waals surface area contributed by atoms with Crippen LogP contribution in [-0.4, -0.2) is 25.9 Å². The van der Waals surface area contributed by atoms with Crippen molar-refractivity contribution in [3.63, 3.8) is 0 Å². The lowest BCUT2D eigenvalue weighted by molar-refractivity contribution is 0.318. The average Bonchev–Trinajstić information content (AvgIpc) is 2.56. The molecule has 0 aliphatic rings. The van der Waals surface area contributed by atoms with E-state index in [0.717, 1.165) is 12.0 Å². The topological polar surface area (TPSA) is 78.8 Å². The van der Waals surface area contributed by atoms with Crippen molar-refractivity contribution in [3.05, 3.63) is 65.7 Å². The van der Waals surface area contributed by atoms with Crippen molar-refractivity contribution in [2.24, 2.45) is 5.16 Å². The number of oxime groups is 1. The molecule has 0 aliphatic heterocycles. The van der Waals surface area contributed by atoms with E-state index in [2.05, 4.69) is 9.88 Å². The van der Waals surface area contributed by atoms with E-state index < -0.39 is 10.0 Å². The maximum atomic E-state index is 12.2. The van der Waals surface area contributed by atoms with Gasteiger partial charge in [0, 0.05) is 5.56 Å². The summed E-state index contributed by atoms with van der Waals surface area (Å²) in [5.74, 6) is 0. The van der Waals surface area contributed by atoms with Gasteiger partial charge < -0.3 is 5.21 Å². The maximum Gasteiger partial charge on any atom is 0.240 e. The van der Waals surface area contributed by atoms with E-state index in [0.29, 0.717) is 5.56 Å². The Bertz CT molecular complexity index is 739. The molecule has 0 heterocycles. The fourth-order valence-corrected chi connectivity index (χ4v) is 2.96. The van der Waals surface area contributed by atoms with E-state index in [4.69, 9.17) is 5.21 Å². The maximum absolute atomic E-state index is 12.2. The zero-order valence-electron chi connectivity index (χ0n) is 12.2. The molecule has 5 nitrogen and oxygen atoms in total. The Morgan fingerprint density at radius 2 is 1.73 bits per heavy atom. The van der Waals surface area contributed by atoms with E-state index in [-0.39, 0.29) is 17.2 Å². The Kier molecular flexibility index (Phi) is 5.30. The number of hydrogen-bond acceptors (Lipinski definition) is 4. The lowest BCUT2D eigenvalue weighted by Gasteiger charge is -2.09. The first-order valence-corrected chi connectivity index (χ1v) is 8.40. The molecule has 0 radical (unpaired) electrons. The highest BCUT2D eigenvalue weighted by molar-refractivity contribution is 7.89. The van der Waals surface area contributed by atoms with Gasteiger partial charge in [-0.25, -0.2) is 13.1 Å². The quantitative estimate of drug-likeness (QED) is 0.488. The molecular formula is C16H18N2O3S. The summed E-state index contributed by atoms with van der Waals surface area (Å²) in [5.41, 5.74) is 1.99. The molecule has 0 saturated heterocycles. The van der Waals surface area contributed by atoms with Gasteiger partial charge >= 0.3 is 0 Å². The molecule has 2 N–H and O–H groups in total. The van der Waals surface area contributed by atoms with Gasteiger partial charge in [-0.15, -0.1) is 0 Å². The summed E-state index contributed by atoms with van der Waals surface area (Å²) >= 11 is 0. The standard InChI is InChI=1S/C16H18N2O3S/c1-2-13-8-10-15(11-9-13)22(20,21)17-12-16(18-19)14-6-4-3-5-7-14/h3-11,17,19H,2,12H2,1H3. The van der Waals surface area contributed by atoms with Gasteiger partial charge in [0.05, 0.1) is 11.4 Å². The van der Waals surface area contributed by atoms with Gasteiger partial charge in [0.25, 0.3) is 0 Å². The van der Waals surface area contributed by atoms with Crippen molar-refractivity contribution >= 4 is 15.7 Å². The van der Waals surface area contributed by atoms with E-state index in [1.165, 1.54) is 0 Å². The van der Waals surface area contributed by atoms with Gasteiger partial charge in [0.15, 0.2) is 0 Å². The summed E-state index contributed by atoms with van der Waals surface area (Å²) < 4.78 is 26.9. The zero-order valence-corrected chi connectivity index (χ0v) is 13.0. The number of aryl methyl sites for hydroxylation is 1. The van der Waals surface area contributed by atoms with E-state index >= 15 is 0 Å². The van der Waals surface area contributed by atoms with Crippen LogP contribution in [0.5, 0.6) is 0 Å². The van der Waals surface area contributed by atoms with Gasteiger partial charge in [-0.05, 0) is 24.1 Å². The van der Waals surface area contributed by atoms with Crippen molar-refractivity contribution in [2.45, 2.75) is 18.2 Å². The van der Waals surface area contributed by atoms with E-state index in [9.17, 15) is 8.42 Å². The summed E-state index contributed by atoms with van der Waals surface area (Å²) in [7, 11) is -3.64. The molecule has 0 fully saturated rings. The molecule has 22 heavy (non-hydrogen) atoms. The Hall–Kier alpha value is -2.18. The predicted molar refractivity (Wildman–Crippen MR) is 85.8 cm³/mol. The lowest BCUT2D eigenvalue weighted by atomic mass is 10.1. The molecule has 0 saturated carbocycles. The van der Waals surface area contributed by atoms with Crippen LogP contribution in [0.3, 0.4) is 0 Å². The monoisotopic (exact) mass is 318 g/mol. The highest BCUT2D eigenvalue weighted by Crippen LogP contribution is 2.11. The lowest BCUT2D eigenvalue weighted by Crippen LogP contribution is -2.30. The summed E-state index contributed by atoms with van der Waals surface area (Å²) in [4.78, 5) is 0.190. The smallest absolute Gasteiger partial charge is 0.240 e. The van der Waals surface area contributed by atoms with Gasteiger partial charge in [-0.3, -0.25) is 0 Å². The third-order valence-corrected chi connectivity index (χ3v) is 4.72. The third kappa shape index (κ3) is 3.93. The average molecular weight is 318 g/mol. The van der Waals surface area contributed by atoms with Crippen LogP contribution in [0.1, 0.15) is 18.1 Å². The Balaban J connectivity index is 2.11. The highest BCUT2D eigenvalue weighted by atomic mass is 32.2. The van der Waals surface area contributed by atoms with Crippen molar-refractivity contribution in [1.29, 1.82) is 0 Å². The number of sulfonamides is 1. The number of nitrogens with zero attached hydrogens (tertiary/aromatic N) is 1. The van der Waals surface area contributed by atoms with Gasteiger partial charge in [-0.1, -0.05) is 54.5 Å². The van der Waals surface area contributed by atoms with Crippen LogP contribution in [0.2, 0.25) is 0 Å². The number of nitrogens with one attached hydrogen (secondary N) is 1. The van der Waals surface area contributed by atoms with Crippen LogP contribution in [0.15, 0.2) is 64.6 Å². The second-order valence-corrected chi connectivity index (χ2v) is 6.50. The highest BCUT2D eigenvalue weighted by Gasteiger charge is 2.15. The summed E-state index contributed by atoms with van der Waals surface area (Å²) in [6, 6.07) is 15.6. The molecular weight excluding hydrogens is 300 g/mol. The first-order valence-electron chi connectivity index (χ1n) is 6.92. The molecule has 0 unspecified atom stereocenters.